The van der Waals surface area contributed by atoms with Gasteiger partial charge >= 0.3 is 0 Å². The van der Waals surface area contributed by atoms with Crippen LogP contribution in [0.3, 0.4) is 0 Å². The van der Waals surface area contributed by atoms with E-state index in [1.54, 1.807) is 12.1 Å². The topological polar surface area (TPSA) is 88.9 Å². The van der Waals surface area contributed by atoms with Gasteiger partial charge in [0.05, 0.1) is 11.8 Å². The molecule has 0 saturated carbocycles. The first-order valence-electron chi connectivity index (χ1n) is 10.7. The standard InChI is InChI=1S/C24H29N5O2S/c1-5-29-22(21(16(2)3)26-23(31)18-12-7-6-8-13-18)27-28-24(29)32-15-20(30)25-19-14-10-9-11-17(19)4/h6-14,16,21H,5,15H2,1-4H3,(H,25,30)(H,26,31)/t21-/m0/s1. The van der Waals surface area contributed by atoms with Gasteiger partial charge in [-0.2, -0.15) is 0 Å². The number of aryl methyl sites for hydroxylation is 1. The number of carbonyl (C=O) groups is 2. The van der Waals surface area contributed by atoms with E-state index in [4.69, 9.17) is 0 Å². The van der Waals surface area contributed by atoms with Crippen LogP contribution in [0.2, 0.25) is 0 Å². The van der Waals surface area contributed by atoms with Gasteiger partial charge < -0.3 is 15.2 Å². The molecule has 1 heterocycles. The van der Waals surface area contributed by atoms with Gasteiger partial charge in [-0.05, 0) is 43.5 Å². The van der Waals surface area contributed by atoms with E-state index in [0.717, 1.165) is 11.3 Å². The predicted molar refractivity (Wildman–Crippen MR) is 128 cm³/mol. The van der Waals surface area contributed by atoms with Crippen molar-refractivity contribution in [2.45, 2.75) is 45.4 Å². The van der Waals surface area contributed by atoms with Gasteiger partial charge in [0.2, 0.25) is 5.91 Å². The average Bonchev–Trinajstić information content (AvgIpc) is 3.20. The lowest BCUT2D eigenvalue weighted by Gasteiger charge is -2.22. The second kappa shape index (κ2) is 10.9. The number of para-hydroxylation sites is 1. The molecule has 7 nitrogen and oxygen atoms in total. The number of hydrogen-bond donors (Lipinski definition) is 2. The van der Waals surface area contributed by atoms with Crippen LogP contribution in [0.15, 0.2) is 59.8 Å². The van der Waals surface area contributed by atoms with E-state index in [9.17, 15) is 9.59 Å². The summed E-state index contributed by atoms with van der Waals surface area (Å²) in [7, 11) is 0. The molecule has 0 aliphatic heterocycles. The number of carbonyl (C=O) groups excluding carboxylic acids is 2. The Labute approximate surface area is 193 Å². The van der Waals surface area contributed by atoms with Gasteiger partial charge in [-0.3, -0.25) is 9.59 Å². The Morgan fingerprint density at radius 2 is 1.72 bits per heavy atom. The average molecular weight is 452 g/mol. The third-order valence-electron chi connectivity index (χ3n) is 5.08. The Hall–Kier alpha value is -3.13. The van der Waals surface area contributed by atoms with Gasteiger partial charge in [-0.1, -0.05) is 62.0 Å². The van der Waals surface area contributed by atoms with Crippen LogP contribution >= 0.6 is 11.8 Å². The number of nitrogens with one attached hydrogen (secondary N) is 2. The number of benzene rings is 2. The molecule has 0 unspecified atom stereocenters. The van der Waals surface area contributed by atoms with E-state index >= 15 is 0 Å². The molecule has 168 valence electrons. The Bertz CT molecular complexity index is 1070. The first-order chi connectivity index (χ1) is 15.4. The molecule has 1 atom stereocenters. The third-order valence-corrected chi connectivity index (χ3v) is 6.05. The van der Waals surface area contributed by atoms with Gasteiger partial charge in [0, 0.05) is 17.8 Å². The summed E-state index contributed by atoms with van der Waals surface area (Å²) in [4.78, 5) is 25.2. The molecular weight excluding hydrogens is 422 g/mol. The number of aromatic nitrogens is 3. The number of thioether (sulfide) groups is 1. The minimum atomic E-state index is -0.301. The van der Waals surface area contributed by atoms with Gasteiger partial charge in [0.15, 0.2) is 11.0 Å². The SMILES string of the molecule is CCn1c(SCC(=O)Nc2ccccc2C)nnc1[C@@H](NC(=O)c1ccccc1)C(C)C. The first kappa shape index (κ1) is 23.5. The van der Waals surface area contributed by atoms with E-state index in [-0.39, 0.29) is 29.5 Å². The molecule has 0 bridgehead atoms. The number of amides is 2. The van der Waals surface area contributed by atoms with Crippen molar-refractivity contribution in [3.8, 4) is 0 Å². The van der Waals surface area contributed by atoms with Crippen LogP contribution in [0.4, 0.5) is 5.69 Å². The zero-order valence-electron chi connectivity index (χ0n) is 18.8. The fraction of sp³-hybridized carbons (Fsp3) is 0.333. The van der Waals surface area contributed by atoms with Crippen molar-refractivity contribution in [1.82, 2.24) is 20.1 Å². The van der Waals surface area contributed by atoms with Gasteiger partial charge in [0.25, 0.3) is 5.91 Å². The van der Waals surface area contributed by atoms with Crippen LogP contribution in [-0.2, 0) is 11.3 Å². The lowest BCUT2D eigenvalue weighted by molar-refractivity contribution is -0.113. The van der Waals surface area contributed by atoms with E-state index in [1.807, 2.05) is 74.7 Å². The zero-order chi connectivity index (χ0) is 23.1. The maximum atomic E-state index is 12.7. The van der Waals surface area contributed by atoms with Crippen LogP contribution in [0, 0.1) is 12.8 Å². The summed E-state index contributed by atoms with van der Waals surface area (Å²) in [5, 5.41) is 15.4. The fourth-order valence-electron chi connectivity index (χ4n) is 3.31. The highest BCUT2D eigenvalue weighted by atomic mass is 32.2. The molecule has 2 aromatic carbocycles. The minimum absolute atomic E-state index is 0.103. The Balaban J connectivity index is 1.71. The molecule has 1 aromatic heterocycles. The highest BCUT2D eigenvalue weighted by Gasteiger charge is 2.26. The molecule has 32 heavy (non-hydrogen) atoms. The molecule has 0 spiro atoms. The lowest BCUT2D eigenvalue weighted by Crippen LogP contribution is -2.33. The maximum absolute atomic E-state index is 12.7. The number of hydrogen-bond acceptors (Lipinski definition) is 5. The summed E-state index contributed by atoms with van der Waals surface area (Å²) in [5.74, 6) is 0.763. The second-order valence-electron chi connectivity index (χ2n) is 7.80. The highest BCUT2D eigenvalue weighted by Crippen LogP contribution is 2.26. The molecule has 3 rings (SSSR count). The number of nitrogens with zero attached hydrogens (tertiary/aromatic N) is 3. The Morgan fingerprint density at radius 3 is 2.38 bits per heavy atom. The molecule has 0 fully saturated rings. The van der Waals surface area contributed by atoms with E-state index in [0.29, 0.717) is 23.1 Å². The normalized spacial score (nSPS) is 11.9. The van der Waals surface area contributed by atoms with Crippen molar-refractivity contribution in [3.05, 3.63) is 71.5 Å². The Kier molecular flexibility index (Phi) is 8.05. The van der Waals surface area contributed by atoms with Gasteiger partial charge in [0.1, 0.15) is 0 Å². The number of rotatable bonds is 9. The Morgan fingerprint density at radius 1 is 1.03 bits per heavy atom. The zero-order valence-corrected chi connectivity index (χ0v) is 19.6. The van der Waals surface area contributed by atoms with Crippen LogP contribution < -0.4 is 10.6 Å². The van der Waals surface area contributed by atoms with E-state index in [1.165, 1.54) is 11.8 Å². The van der Waals surface area contributed by atoms with Gasteiger partial charge in [-0.25, -0.2) is 0 Å². The van der Waals surface area contributed by atoms with Gasteiger partial charge in [-0.15, -0.1) is 10.2 Å². The van der Waals surface area contributed by atoms with Crippen LogP contribution in [0.5, 0.6) is 0 Å². The summed E-state index contributed by atoms with van der Waals surface area (Å²) >= 11 is 1.33. The molecule has 8 heteroatoms. The molecule has 0 aliphatic carbocycles. The summed E-state index contributed by atoms with van der Waals surface area (Å²) in [5.41, 5.74) is 2.42. The van der Waals surface area contributed by atoms with Crippen molar-refractivity contribution in [2.24, 2.45) is 5.92 Å². The largest absolute Gasteiger partial charge is 0.342 e. The second-order valence-corrected chi connectivity index (χ2v) is 8.74. The van der Waals surface area contributed by atoms with Crippen molar-refractivity contribution in [1.29, 1.82) is 0 Å². The van der Waals surface area contributed by atoms with E-state index < -0.39 is 0 Å². The number of anilines is 1. The maximum Gasteiger partial charge on any atom is 0.251 e. The summed E-state index contributed by atoms with van der Waals surface area (Å²) in [6.45, 7) is 8.66. The van der Waals surface area contributed by atoms with E-state index in [2.05, 4.69) is 20.8 Å². The summed E-state index contributed by atoms with van der Waals surface area (Å²) in [6, 6.07) is 16.5. The molecule has 3 aromatic rings. The molecule has 0 radical (unpaired) electrons. The molecule has 2 N–H and O–H groups in total. The smallest absolute Gasteiger partial charge is 0.251 e. The predicted octanol–water partition coefficient (Wildman–Crippen LogP) is 4.46. The third kappa shape index (κ3) is 5.76. The van der Waals surface area contributed by atoms with Crippen molar-refractivity contribution < 1.29 is 9.59 Å². The first-order valence-corrected chi connectivity index (χ1v) is 11.7. The highest BCUT2D eigenvalue weighted by molar-refractivity contribution is 7.99. The van der Waals surface area contributed by atoms with Crippen molar-refractivity contribution in [2.75, 3.05) is 11.1 Å². The summed E-state index contributed by atoms with van der Waals surface area (Å²) < 4.78 is 1.96. The quantitative estimate of drug-likeness (QED) is 0.469. The van der Waals surface area contributed by atoms with Crippen molar-refractivity contribution >= 4 is 29.3 Å². The molecular formula is C24H29N5O2S. The lowest BCUT2D eigenvalue weighted by atomic mass is 10.0. The molecule has 0 aliphatic rings. The molecule has 2 amide bonds. The fourth-order valence-corrected chi connectivity index (χ4v) is 4.12. The monoisotopic (exact) mass is 451 g/mol. The van der Waals surface area contributed by atoms with Crippen molar-refractivity contribution in [3.63, 3.8) is 0 Å². The van der Waals surface area contributed by atoms with Crippen LogP contribution in [-0.4, -0.2) is 32.3 Å². The van der Waals surface area contributed by atoms with Crippen LogP contribution in [0.1, 0.15) is 48.6 Å². The molecule has 0 saturated heterocycles. The minimum Gasteiger partial charge on any atom is -0.342 e. The van der Waals surface area contributed by atoms with Crippen LogP contribution in [0.25, 0.3) is 0 Å². The summed E-state index contributed by atoms with van der Waals surface area (Å²) in [6.07, 6.45) is 0.